The highest BCUT2D eigenvalue weighted by Crippen LogP contribution is 2.23. The summed E-state index contributed by atoms with van der Waals surface area (Å²) in [7, 11) is 0. The van der Waals surface area contributed by atoms with Crippen LogP contribution in [0.2, 0.25) is 5.02 Å². The summed E-state index contributed by atoms with van der Waals surface area (Å²) in [5, 5.41) is 0.546. The Morgan fingerprint density at radius 1 is 1.28 bits per heavy atom. The fourth-order valence-corrected chi connectivity index (χ4v) is 2.80. The summed E-state index contributed by atoms with van der Waals surface area (Å²) in [6, 6.07) is 10.8. The molecule has 0 aliphatic carbocycles. The van der Waals surface area contributed by atoms with Crippen molar-refractivity contribution in [3.63, 3.8) is 0 Å². The number of hydrogen-bond acceptors (Lipinski definition) is 6. The van der Waals surface area contributed by atoms with Crippen LogP contribution in [0, 0.1) is 5.82 Å². The van der Waals surface area contributed by atoms with Crippen LogP contribution in [-0.4, -0.2) is 33.2 Å². The van der Waals surface area contributed by atoms with Crippen LogP contribution in [0.3, 0.4) is 0 Å². The van der Waals surface area contributed by atoms with Crippen LogP contribution in [0.4, 0.5) is 10.1 Å². The van der Waals surface area contributed by atoms with Crippen molar-refractivity contribution in [1.29, 1.82) is 0 Å². The summed E-state index contributed by atoms with van der Waals surface area (Å²) < 4.78 is 26.1. The number of carbonyl (C=O) groups is 1. The van der Waals surface area contributed by atoms with Gasteiger partial charge < -0.3 is 15.2 Å². The first-order chi connectivity index (χ1) is 15.2. The van der Waals surface area contributed by atoms with Gasteiger partial charge in [-0.3, -0.25) is 14.3 Å². The van der Waals surface area contributed by atoms with E-state index in [-0.39, 0.29) is 35.7 Å². The number of ether oxygens (including phenoxy) is 2. The lowest BCUT2D eigenvalue weighted by Gasteiger charge is -2.11. The Bertz CT molecular complexity index is 1240. The Balaban J connectivity index is 2.07. The molecular weight excluding hydrogens is 441 g/mol. The zero-order valence-corrected chi connectivity index (χ0v) is 18.1. The molecule has 9 nitrogen and oxygen atoms in total. The predicted molar refractivity (Wildman–Crippen MR) is 115 cm³/mol. The number of hydrogen-bond donors (Lipinski definition) is 2. The largest absolute Gasteiger partial charge is 0.488 e. The third-order valence-corrected chi connectivity index (χ3v) is 4.27. The second-order valence-electron chi connectivity index (χ2n) is 7.01. The number of nitrogens with one attached hydrogen (secondary N) is 1. The maximum Gasteiger partial charge on any atom is 0.355 e. The van der Waals surface area contributed by atoms with Crippen molar-refractivity contribution in [2.75, 3.05) is 6.61 Å². The van der Waals surface area contributed by atoms with Gasteiger partial charge in [-0.05, 0) is 43.7 Å². The summed E-state index contributed by atoms with van der Waals surface area (Å²) in [5.41, 5.74) is 5.36. The van der Waals surface area contributed by atoms with Crippen LogP contribution in [0.1, 0.15) is 19.4 Å². The average Bonchev–Trinajstić information content (AvgIpc) is 2.72. The van der Waals surface area contributed by atoms with Gasteiger partial charge in [-0.2, -0.15) is 0 Å². The van der Waals surface area contributed by atoms with Gasteiger partial charge in [0.05, 0.1) is 18.3 Å². The molecule has 0 atom stereocenters. The van der Waals surface area contributed by atoms with Crippen LogP contribution in [0.25, 0.3) is 0 Å². The van der Waals surface area contributed by atoms with Gasteiger partial charge in [0.25, 0.3) is 5.91 Å². The molecule has 0 saturated carbocycles. The van der Waals surface area contributed by atoms with Gasteiger partial charge in [0.2, 0.25) is 5.62 Å². The Morgan fingerprint density at radius 2 is 2.00 bits per heavy atom. The molecule has 2 aromatic carbocycles. The third-order valence-electron chi connectivity index (χ3n) is 4.02. The molecule has 0 radical (unpaired) electrons. The zero-order chi connectivity index (χ0) is 23.3. The number of aromatic nitrogens is 3. The van der Waals surface area contributed by atoms with Gasteiger partial charge in [0, 0.05) is 11.1 Å². The molecule has 0 aliphatic heterocycles. The average molecular weight is 462 g/mol. The van der Waals surface area contributed by atoms with E-state index in [9.17, 15) is 14.0 Å². The third kappa shape index (κ3) is 6.17. The number of nitrogens with two attached hydrogens (primary N) is 1. The smallest absolute Gasteiger partial charge is 0.355 e. The van der Waals surface area contributed by atoms with Crippen molar-refractivity contribution in [2.24, 2.45) is 10.7 Å². The number of aromatic amines is 1. The van der Waals surface area contributed by atoms with Crippen LogP contribution in [-0.2, 0) is 11.3 Å². The van der Waals surface area contributed by atoms with Crippen molar-refractivity contribution in [3.05, 3.63) is 75.0 Å². The molecule has 0 fully saturated rings. The number of carbonyl (C=O) groups excluding carboxylic acids is 1. The molecule has 0 spiro atoms. The van der Waals surface area contributed by atoms with E-state index in [1.807, 2.05) is 0 Å². The SMILES string of the molecule is CC(C)Oc1ccc(/N=c2\[nH]c(OCC(N)=O)nc(=O)n2Cc2ccc(Cl)cc2)cc1F. The van der Waals surface area contributed by atoms with E-state index in [2.05, 4.69) is 15.0 Å². The second kappa shape index (κ2) is 10.1. The lowest BCUT2D eigenvalue weighted by molar-refractivity contribution is -0.120. The molecule has 11 heteroatoms. The predicted octanol–water partition coefficient (Wildman–Crippen LogP) is 2.30. The Kier molecular flexibility index (Phi) is 7.26. The number of halogens is 2. The van der Waals surface area contributed by atoms with Crippen LogP contribution in [0.15, 0.2) is 52.3 Å². The number of nitrogens with zero attached hydrogens (tertiary/aromatic N) is 3. The standard InChI is InChI=1S/C21H21ClFN5O4/c1-12(2)32-17-8-7-15(9-16(17)23)25-19-26-20(31-11-18(24)29)27-21(30)28(19)10-13-3-5-14(22)6-4-13/h3-9,12H,10-11H2,1-2H3,(H2,24,29)(H,25,26,27,30). The highest BCUT2D eigenvalue weighted by atomic mass is 35.5. The van der Waals surface area contributed by atoms with Crippen LogP contribution >= 0.6 is 11.6 Å². The lowest BCUT2D eigenvalue weighted by atomic mass is 10.2. The van der Waals surface area contributed by atoms with Crippen LogP contribution in [0.5, 0.6) is 11.8 Å². The summed E-state index contributed by atoms with van der Waals surface area (Å²) in [6.45, 7) is 3.18. The summed E-state index contributed by atoms with van der Waals surface area (Å²) in [6.07, 6.45) is -0.199. The topological polar surface area (TPSA) is 125 Å². The molecule has 0 saturated heterocycles. The molecule has 32 heavy (non-hydrogen) atoms. The molecular formula is C21H21ClFN5O4. The Labute approximate surface area is 187 Å². The van der Waals surface area contributed by atoms with E-state index < -0.39 is 24.0 Å². The normalized spacial score (nSPS) is 11.6. The van der Waals surface area contributed by atoms with Crippen LogP contribution < -0.4 is 26.5 Å². The zero-order valence-electron chi connectivity index (χ0n) is 17.3. The number of H-pyrrole nitrogens is 1. The van der Waals surface area contributed by atoms with Gasteiger partial charge in [0.1, 0.15) is 0 Å². The minimum atomic E-state index is -0.744. The minimum absolute atomic E-state index is 0.0244. The summed E-state index contributed by atoms with van der Waals surface area (Å²) in [5.74, 6) is -1.26. The second-order valence-corrected chi connectivity index (χ2v) is 7.45. The van der Waals surface area contributed by atoms with E-state index >= 15 is 0 Å². The summed E-state index contributed by atoms with van der Waals surface area (Å²) in [4.78, 5) is 34.5. The Hall–Kier alpha value is -3.66. The molecule has 0 unspecified atom stereocenters. The van der Waals surface area contributed by atoms with E-state index in [1.165, 1.54) is 22.8 Å². The van der Waals surface area contributed by atoms with Crippen molar-refractivity contribution in [2.45, 2.75) is 26.5 Å². The first-order valence-corrected chi connectivity index (χ1v) is 9.96. The highest BCUT2D eigenvalue weighted by Gasteiger charge is 2.10. The molecule has 3 rings (SSSR count). The molecule has 3 N–H and O–H groups in total. The lowest BCUT2D eigenvalue weighted by Crippen LogP contribution is -2.38. The molecule has 168 valence electrons. The minimum Gasteiger partial charge on any atom is -0.488 e. The fraction of sp³-hybridized carbons (Fsp3) is 0.238. The first kappa shape index (κ1) is 23.0. The number of primary amides is 1. The van der Waals surface area contributed by atoms with E-state index in [0.717, 1.165) is 5.56 Å². The quantitative estimate of drug-likeness (QED) is 0.532. The van der Waals surface area contributed by atoms with Crippen molar-refractivity contribution >= 4 is 23.2 Å². The molecule has 1 heterocycles. The van der Waals surface area contributed by atoms with E-state index in [4.69, 9.17) is 26.8 Å². The number of amides is 1. The van der Waals surface area contributed by atoms with E-state index in [1.54, 1.807) is 38.1 Å². The van der Waals surface area contributed by atoms with Crippen molar-refractivity contribution < 1.29 is 18.7 Å². The maximum atomic E-state index is 14.4. The van der Waals surface area contributed by atoms with E-state index in [0.29, 0.717) is 5.02 Å². The van der Waals surface area contributed by atoms with Gasteiger partial charge >= 0.3 is 11.7 Å². The van der Waals surface area contributed by atoms with Gasteiger partial charge in [-0.1, -0.05) is 23.7 Å². The molecule has 3 aromatic rings. The van der Waals surface area contributed by atoms with Crippen molar-refractivity contribution in [1.82, 2.24) is 14.5 Å². The highest BCUT2D eigenvalue weighted by molar-refractivity contribution is 6.30. The molecule has 1 aromatic heterocycles. The monoisotopic (exact) mass is 461 g/mol. The maximum absolute atomic E-state index is 14.4. The number of rotatable bonds is 8. The fourth-order valence-electron chi connectivity index (χ4n) is 2.67. The molecule has 0 aliphatic rings. The molecule has 0 bridgehead atoms. The van der Waals surface area contributed by atoms with Gasteiger partial charge in [-0.25, -0.2) is 14.2 Å². The van der Waals surface area contributed by atoms with Crippen molar-refractivity contribution in [3.8, 4) is 11.8 Å². The summed E-state index contributed by atoms with van der Waals surface area (Å²) >= 11 is 5.92. The molecule has 1 amide bonds. The first-order valence-electron chi connectivity index (χ1n) is 9.59. The number of benzene rings is 2. The van der Waals surface area contributed by atoms with Gasteiger partial charge in [0.15, 0.2) is 18.2 Å². The van der Waals surface area contributed by atoms with Gasteiger partial charge in [-0.15, -0.1) is 4.98 Å². The Morgan fingerprint density at radius 3 is 2.62 bits per heavy atom.